The van der Waals surface area contributed by atoms with Crippen molar-refractivity contribution < 1.29 is 8.78 Å². The second-order valence-corrected chi connectivity index (χ2v) is 5.15. The molecule has 1 aromatic rings. The average Bonchev–Trinajstić information content (AvgIpc) is 2.38. The van der Waals surface area contributed by atoms with Gasteiger partial charge in [-0.2, -0.15) is 0 Å². The number of nitrogens with zero attached hydrogens (tertiary/aromatic N) is 2. The number of pyridine rings is 1. The van der Waals surface area contributed by atoms with Crippen molar-refractivity contribution in [2.75, 3.05) is 23.3 Å². The second kappa shape index (κ2) is 8.02. The van der Waals surface area contributed by atoms with Gasteiger partial charge in [0, 0.05) is 25.2 Å². The standard InChI is InChI=1S/C15H25F2N3/c1-5-7-8-9-20(11(3)4)15-13(17)10-12(16)14(19-15)18-6-2/h10-11H,5-9H2,1-4H3,(H,18,19). The van der Waals surface area contributed by atoms with Crippen LogP contribution in [0.3, 0.4) is 0 Å². The summed E-state index contributed by atoms with van der Waals surface area (Å²) >= 11 is 0. The molecule has 0 aromatic carbocycles. The number of hydrogen-bond donors (Lipinski definition) is 1. The zero-order valence-corrected chi connectivity index (χ0v) is 12.8. The van der Waals surface area contributed by atoms with Gasteiger partial charge in [0.25, 0.3) is 0 Å². The van der Waals surface area contributed by atoms with Crippen LogP contribution < -0.4 is 10.2 Å². The minimum Gasteiger partial charge on any atom is -0.368 e. The normalized spacial score (nSPS) is 10.9. The summed E-state index contributed by atoms with van der Waals surface area (Å²) in [7, 11) is 0. The van der Waals surface area contributed by atoms with Gasteiger partial charge >= 0.3 is 0 Å². The molecule has 0 aliphatic heterocycles. The van der Waals surface area contributed by atoms with Crippen molar-refractivity contribution in [1.82, 2.24) is 4.98 Å². The minimum absolute atomic E-state index is 0.116. The highest BCUT2D eigenvalue weighted by molar-refractivity contribution is 5.49. The van der Waals surface area contributed by atoms with Crippen molar-refractivity contribution in [3.05, 3.63) is 17.7 Å². The molecular formula is C15H25F2N3. The van der Waals surface area contributed by atoms with Crippen molar-refractivity contribution >= 4 is 11.6 Å². The first-order chi connectivity index (χ1) is 9.51. The predicted octanol–water partition coefficient (Wildman–Crippen LogP) is 4.20. The van der Waals surface area contributed by atoms with Crippen molar-refractivity contribution in [3.63, 3.8) is 0 Å². The van der Waals surface area contributed by atoms with Crippen molar-refractivity contribution in [1.29, 1.82) is 0 Å². The molecule has 0 atom stereocenters. The number of halogens is 2. The van der Waals surface area contributed by atoms with Gasteiger partial charge in [-0.15, -0.1) is 0 Å². The Morgan fingerprint density at radius 2 is 1.90 bits per heavy atom. The molecule has 0 unspecified atom stereocenters. The number of rotatable bonds is 8. The molecule has 0 radical (unpaired) electrons. The van der Waals surface area contributed by atoms with Crippen LogP contribution in [0.25, 0.3) is 0 Å². The smallest absolute Gasteiger partial charge is 0.168 e. The molecule has 1 heterocycles. The Morgan fingerprint density at radius 1 is 1.20 bits per heavy atom. The van der Waals surface area contributed by atoms with E-state index in [2.05, 4.69) is 17.2 Å². The van der Waals surface area contributed by atoms with Crippen molar-refractivity contribution in [2.24, 2.45) is 0 Å². The first kappa shape index (κ1) is 16.7. The van der Waals surface area contributed by atoms with Gasteiger partial charge in [0.2, 0.25) is 0 Å². The van der Waals surface area contributed by atoms with E-state index in [1.54, 1.807) is 0 Å². The lowest BCUT2D eigenvalue weighted by molar-refractivity contribution is 0.552. The summed E-state index contributed by atoms with van der Waals surface area (Å²) in [6.07, 6.45) is 3.17. The molecule has 20 heavy (non-hydrogen) atoms. The van der Waals surface area contributed by atoms with Crippen molar-refractivity contribution in [2.45, 2.75) is 53.0 Å². The number of hydrogen-bond acceptors (Lipinski definition) is 3. The SMILES string of the molecule is CCCCCN(c1nc(NCC)c(F)cc1F)C(C)C. The molecule has 3 nitrogen and oxygen atoms in total. The van der Waals surface area contributed by atoms with E-state index in [1.807, 2.05) is 25.7 Å². The van der Waals surface area contributed by atoms with Gasteiger partial charge in [-0.3, -0.25) is 0 Å². The lowest BCUT2D eigenvalue weighted by Gasteiger charge is -2.28. The van der Waals surface area contributed by atoms with E-state index in [-0.39, 0.29) is 17.7 Å². The fourth-order valence-electron chi connectivity index (χ4n) is 2.09. The van der Waals surface area contributed by atoms with Gasteiger partial charge < -0.3 is 10.2 Å². The summed E-state index contributed by atoms with van der Waals surface area (Å²) in [6.45, 7) is 9.23. The quantitative estimate of drug-likeness (QED) is 0.726. The monoisotopic (exact) mass is 285 g/mol. The number of aromatic nitrogens is 1. The Bertz CT molecular complexity index is 422. The maximum atomic E-state index is 14.0. The number of nitrogens with one attached hydrogen (secondary N) is 1. The average molecular weight is 285 g/mol. The third-order valence-electron chi connectivity index (χ3n) is 3.15. The van der Waals surface area contributed by atoms with Crippen LogP contribution in [0.15, 0.2) is 6.07 Å². The molecule has 1 aromatic heterocycles. The van der Waals surface area contributed by atoms with Crippen LogP contribution in [-0.4, -0.2) is 24.1 Å². The maximum absolute atomic E-state index is 14.0. The van der Waals surface area contributed by atoms with Crippen LogP contribution in [0, 0.1) is 11.6 Å². The van der Waals surface area contributed by atoms with E-state index in [4.69, 9.17) is 0 Å². The molecule has 0 amide bonds. The molecule has 114 valence electrons. The largest absolute Gasteiger partial charge is 0.368 e. The van der Waals surface area contributed by atoms with E-state index >= 15 is 0 Å². The van der Waals surface area contributed by atoms with Crippen molar-refractivity contribution in [3.8, 4) is 0 Å². The molecular weight excluding hydrogens is 260 g/mol. The lowest BCUT2D eigenvalue weighted by atomic mass is 10.2. The molecule has 0 aliphatic rings. The Morgan fingerprint density at radius 3 is 2.45 bits per heavy atom. The van der Waals surface area contributed by atoms with E-state index in [0.29, 0.717) is 6.54 Å². The molecule has 1 rings (SSSR count). The van der Waals surface area contributed by atoms with Crippen LogP contribution >= 0.6 is 0 Å². The summed E-state index contributed by atoms with van der Waals surface area (Å²) in [4.78, 5) is 6.02. The van der Waals surface area contributed by atoms with E-state index in [1.165, 1.54) is 0 Å². The maximum Gasteiger partial charge on any atom is 0.168 e. The van der Waals surface area contributed by atoms with Gasteiger partial charge in [0.05, 0.1) is 0 Å². The first-order valence-electron chi connectivity index (χ1n) is 7.37. The molecule has 0 saturated carbocycles. The summed E-state index contributed by atoms with van der Waals surface area (Å²) in [5.41, 5.74) is 0. The fourth-order valence-corrected chi connectivity index (χ4v) is 2.09. The first-order valence-corrected chi connectivity index (χ1v) is 7.37. The van der Waals surface area contributed by atoms with E-state index in [0.717, 1.165) is 31.9 Å². The molecule has 0 saturated heterocycles. The summed E-state index contributed by atoms with van der Waals surface area (Å²) < 4.78 is 27.6. The van der Waals surface area contributed by atoms with E-state index < -0.39 is 11.6 Å². The Labute approximate surface area is 120 Å². The number of unbranched alkanes of at least 4 members (excludes halogenated alkanes) is 2. The van der Waals surface area contributed by atoms with Gasteiger partial charge in [0.15, 0.2) is 23.3 Å². The molecule has 0 spiro atoms. The van der Waals surface area contributed by atoms with E-state index in [9.17, 15) is 8.78 Å². The Hall–Kier alpha value is -1.39. The highest BCUT2D eigenvalue weighted by Crippen LogP contribution is 2.24. The van der Waals surface area contributed by atoms with Gasteiger partial charge in [-0.25, -0.2) is 13.8 Å². The lowest BCUT2D eigenvalue weighted by Crippen LogP contribution is -2.33. The minimum atomic E-state index is -0.648. The topological polar surface area (TPSA) is 28.2 Å². The number of anilines is 2. The zero-order valence-electron chi connectivity index (χ0n) is 12.8. The molecule has 0 aliphatic carbocycles. The van der Waals surface area contributed by atoms with Crippen LogP contribution in [0.1, 0.15) is 47.0 Å². The highest BCUT2D eigenvalue weighted by Gasteiger charge is 2.19. The summed E-state index contributed by atoms with van der Waals surface area (Å²) in [5, 5.41) is 2.83. The summed E-state index contributed by atoms with van der Waals surface area (Å²) in [5.74, 6) is -0.904. The van der Waals surface area contributed by atoms with Crippen LogP contribution in [-0.2, 0) is 0 Å². The molecule has 0 bridgehead atoms. The third kappa shape index (κ3) is 4.32. The fraction of sp³-hybridized carbons (Fsp3) is 0.667. The van der Waals surface area contributed by atoms with Gasteiger partial charge in [-0.1, -0.05) is 19.8 Å². The predicted molar refractivity (Wildman–Crippen MR) is 80.3 cm³/mol. The molecule has 5 heteroatoms. The van der Waals surface area contributed by atoms with Gasteiger partial charge in [0.1, 0.15) is 0 Å². The highest BCUT2D eigenvalue weighted by atomic mass is 19.1. The second-order valence-electron chi connectivity index (χ2n) is 5.15. The molecule has 0 fully saturated rings. The third-order valence-corrected chi connectivity index (χ3v) is 3.15. The Balaban J connectivity index is 3.02. The van der Waals surface area contributed by atoms with Gasteiger partial charge in [-0.05, 0) is 27.2 Å². The zero-order chi connectivity index (χ0) is 15.1. The molecule has 1 N–H and O–H groups in total. The van der Waals surface area contributed by atoms with Crippen LogP contribution in [0.5, 0.6) is 0 Å². The summed E-state index contributed by atoms with van der Waals surface area (Å²) in [6, 6.07) is 1.03. The van der Waals surface area contributed by atoms with Crippen LogP contribution in [0.2, 0.25) is 0 Å². The van der Waals surface area contributed by atoms with Crippen LogP contribution in [0.4, 0.5) is 20.4 Å². The Kier molecular flexibility index (Phi) is 6.68.